The molecule has 0 amide bonds. The molecule has 0 radical (unpaired) electrons. The topological polar surface area (TPSA) is 34.6 Å². The van der Waals surface area contributed by atoms with Crippen molar-refractivity contribution in [1.29, 1.82) is 0 Å². The van der Waals surface area contributed by atoms with Gasteiger partial charge in [0.1, 0.15) is 0 Å². The zero-order chi connectivity index (χ0) is 21.1. The molecular formula is C28H18N4. The molecule has 0 N–H and O–H groups in total. The standard InChI is InChI=1S/C28H18N4/c1-3-7-23-17-31-27(13-21(23)5-1)25(15-29-31)19-9-11-20(12-10-19)26-16-30-32-18-24-8-4-2-6-22(24)14-28(26)32/h1-18H. The first-order valence-corrected chi connectivity index (χ1v) is 10.7. The summed E-state index contributed by atoms with van der Waals surface area (Å²) in [5.74, 6) is 0. The van der Waals surface area contributed by atoms with Crippen molar-refractivity contribution in [3.8, 4) is 22.3 Å². The lowest BCUT2D eigenvalue weighted by Crippen LogP contribution is -1.87. The fourth-order valence-corrected chi connectivity index (χ4v) is 4.59. The van der Waals surface area contributed by atoms with E-state index in [0.29, 0.717) is 0 Å². The van der Waals surface area contributed by atoms with E-state index in [2.05, 4.69) is 108 Å². The van der Waals surface area contributed by atoms with Gasteiger partial charge in [-0.15, -0.1) is 0 Å². The molecule has 4 aromatic heterocycles. The lowest BCUT2D eigenvalue weighted by molar-refractivity contribution is 0.970. The second-order valence-corrected chi connectivity index (χ2v) is 8.16. The van der Waals surface area contributed by atoms with Crippen LogP contribution in [-0.4, -0.2) is 19.2 Å². The van der Waals surface area contributed by atoms with E-state index in [-0.39, 0.29) is 0 Å². The minimum atomic E-state index is 1.11. The molecule has 4 heterocycles. The van der Waals surface area contributed by atoms with Gasteiger partial charge in [-0.05, 0) is 34.0 Å². The van der Waals surface area contributed by atoms with Gasteiger partial charge in [-0.3, -0.25) is 0 Å². The van der Waals surface area contributed by atoms with E-state index < -0.39 is 0 Å². The molecule has 0 bridgehead atoms. The van der Waals surface area contributed by atoms with Crippen molar-refractivity contribution in [3.05, 3.63) is 110 Å². The van der Waals surface area contributed by atoms with Crippen LogP contribution in [0, 0.1) is 0 Å². The highest BCUT2D eigenvalue weighted by molar-refractivity contribution is 5.93. The SMILES string of the molecule is c1ccc2cn3ncc(-c4ccc(-c5cnn6cc7ccccc7cc56)cc4)c3cc2c1. The molecule has 0 aliphatic heterocycles. The van der Waals surface area contributed by atoms with E-state index >= 15 is 0 Å². The quantitative estimate of drug-likeness (QED) is 0.321. The largest absolute Gasteiger partial charge is 0.240 e. The lowest BCUT2D eigenvalue weighted by atomic mass is 10.0. The van der Waals surface area contributed by atoms with E-state index in [4.69, 9.17) is 0 Å². The van der Waals surface area contributed by atoms with E-state index in [1.165, 1.54) is 21.5 Å². The average molecular weight is 410 g/mol. The Hall–Kier alpha value is -4.44. The number of fused-ring (bicyclic) bond motifs is 4. The highest BCUT2D eigenvalue weighted by atomic mass is 15.2. The highest BCUT2D eigenvalue weighted by Crippen LogP contribution is 2.31. The van der Waals surface area contributed by atoms with Crippen molar-refractivity contribution >= 4 is 32.6 Å². The van der Waals surface area contributed by atoms with Crippen LogP contribution in [-0.2, 0) is 0 Å². The highest BCUT2D eigenvalue weighted by Gasteiger charge is 2.11. The summed E-state index contributed by atoms with van der Waals surface area (Å²) in [7, 11) is 0. The number of benzene rings is 3. The summed E-state index contributed by atoms with van der Waals surface area (Å²) >= 11 is 0. The lowest BCUT2D eigenvalue weighted by Gasteiger charge is -2.05. The van der Waals surface area contributed by atoms with E-state index in [1.807, 2.05) is 21.4 Å². The van der Waals surface area contributed by atoms with E-state index in [1.54, 1.807) is 0 Å². The summed E-state index contributed by atoms with van der Waals surface area (Å²) in [6.45, 7) is 0. The molecule has 150 valence electrons. The molecule has 0 aliphatic rings. The zero-order valence-electron chi connectivity index (χ0n) is 17.2. The van der Waals surface area contributed by atoms with Gasteiger partial charge in [0, 0.05) is 34.3 Å². The van der Waals surface area contributed by atoms with Crippen LogP contribution in [0.1, 0.15) is 0 Å². The minimum Gasteiger partial charge on any atom is -0.240 e. The number of nitrogens with zero attached hydrogens (tertiary/aromatic N) is 4. The molecule has 4 heteroatoms. The van der Waals surface area contributed by atoms with Crippen molar-refractivity contribution in [1.82, 2.24) is 19.2 Å². The third kappa shape index (κ3) is 2.56. The van der Waals surface area contributed by atoms with Crippen molar-refractivity contribution in [2.75, 3.05) is 0 Å². The molecule has 7 rings (SSSR count). The molecule has 4 nitrogen and oxygen atoms in total. The van der Waals surface area contributed by atoms with Crippen molar-refractivity contribution < 1.29 is 0 Å². The van der Waals surface area contributed by atoms with Crippen LogP contribution in [0.5, 0.6) is 0 Å². The van der Waals surface area contributed by atoms with E-state index in [9.17, 15) is 0 Å². The summed E-state index contributed by atoms with van der Waals surface area (Å²) in [5.41, 5.74) is 6.79. The third-order valence-corrected chi connectivity index (χ3v) is 6.27. The molecule has 0 aliphatic carbocycles. The Balaban J connectivity index is 1.33. The molecule has 0 saturated carbocycles. The van der Waals surface area contributed by atoms with Gasteiger partial charge < -0.3 is 0 Å². The van der Waals surface area contributed by atoms with Gasteiger partial charge in [-0.1, -0.05) is 72.8 Å². The first kappa shape index (κ1) is 17.3. The monoisotopic (exact) mass is 410 g/mol. The number of rotatable bonds is 2. The molecule has 0 atom stereocenters. The van der Waals surface area contributed by atoms with Crippen LogP contribution in [0.25, 0.3) is 54.8 Å². The Morgan fingerprint density at radius 3 is 1.31 bits per heavy atom. The Bertz CT molecular complexity index is 1640. The van der Waals surface area contributed by atoms with Crippen LogP contribution < -0.4 is 0 Å². The van der Waals surface area contributed by atoms with Crippen molar-refractivity contribution in [2.45, 2.75) is 0 Å². The number of hydrogen-bond acceptors (Lipinski definition) is 2. The smallest absolute Gasteiger partial charge is 0.0746 e. The number of pyridine rings is 2. The summed E-state index contributed by atoms with van der Waals surface area (Å²) in [5, 5.41) is 14.0. The maximum absolute atomic E-state index is 4.59. The summed E-state index contributed by atoms with van der Waals surface area (Å²) in [6, 6.07) is 29.9. The Morgan fingerprint density at radius 2 is 0.875 bits per heavy atom. The Morgan fingerprint density at radius 1 is 0.469 bits per heavy atom. The van der Waals surface area contributed by atoms with Gasteiger partial charge in [0.15, 0.2) is 0 Å². The second-order valence-electron chi connectivity index (χ2n) is 8.16. The van der Waals surface area contributed by atoms with Gasteiger partial charge in [0.05, 0.1) is 23.4 Å². The van der Waals surface area contributed by atoms with E-state index in [0.717, 1.165) is 33.3 Å². The second kappa shape index (κ2) is 6.53. The van der Waals surface area contributed by atoms with Gasteiger partial charge in [-0.2, -0.15) is 10.2 Å². The first-order valence-electron chi connectivity index (χ1n) is 10.7. The van der Waals surface area contributed by atoms with Crippen LogP contribution >= 0.6 is 0 Å². The Labute approximate surface area is 184 Å². The van der Waals surface area contributed by atoms with Crippen molar-refractivity contribution in [2.24, 2.45) is 0 Å². The van der Waals surface area contributed by atoms with Crippen LogP contribution in [0.3, 0.4) is 0 Å². The molecule has 7 aromatic rings. The molecule has 0 saturated heterocycles. The predicted molar refractivity (Wildman–Crippen MR) is 130 cm³/mol. The maximum Gasteiger partial charge on any atom is 0.0746 e. The average Bonchev–Trinajstić information content (AvgIpc) is 3.45. The molecule has 32 heavy (non-hydrogen) atoms. The van der Waals surface area contributed by atoms with Crippen molar-refractivity contribution in [3.63, 3.8) is 0 Å². The molecule has 0 fully saturated rings. The van der Waals surface area contributed by atoms with Crippen LogP contribution in [0.4, 0.5) is 0 Å². The maximum atomic E-state index is 4.59. The molecule has 0 spiro atoms. The minimum absolute atomic E-state index is 1.11. The zero-order valence-corrected chi connectivity index (χ0v) is 17.2. The summed E-state index contributed by atoms with van der Waals surface area (Å²) in [6.07, 6.45) is 8.08. The van der Waals surface area contributed by atoms with Gasteiger partial charge in [0.25, 0.3) is 0 Å². The summed E-state index contributed by atoms with van der Waals surface area (Å²) in [4.78, 5) is 0. The van der Waals surface area contributed by atoms with Gasteiger partial charge in [-0.25, -0.2) is 9.03 Å². The molecular weight excluding hydrogens is 392 g/mol. The molecule has 3 aromatic carbocycles. The fourth-order valence-electron chi connectivity index (χ4n) is 4.59. The summed E-state index contributed by atoms with van der Waals surface area (Å²) < 4.78 is 3.92. The first-order chi connectivity index (χ1) is 15.8. The molecule has 0 unspecified atom stereocenters. The Kier molecular flexibility index (Phi) is 3.52. The van der Waals surface area contributed by atoms with Gasteiger partial charge >= 0.3 is 0 Å². The van der Waals surface area contributed by atoms with Gasteiger partial charge in [0.2, 0.25) is 0 Å². The number of hydrogen-bond donors (Lipinski definition) is 0. The number of aromatic nitrogens is 4. The predicted octanol–water partition coefficient (Wildman–Crippen LogP) is 6.62. The van der Waals surface area contributed by atoms with Crippen LogP contribution in [0.2, 0.25) is 0 Å². The fraction of sp³-hybridized carbons (Fsp3) is 0. The van der Waals surface area contributed by atoms with Crippen LogP contribution in [0.15, 0.2) is 110 Å². The normalized spacial score (nSPS) is 11.8. The third-order valence-electron chi connectivity index (χ3n) is 6.27.